The molecule has 1 unspecified atom stereocenters. The molecule has 0 fully saturated rings. The number of thiophene rings is 1. The number of sulfonamides is 1. The molecule has 3 N–H and O–H groups in total. The smallest absolute Gasteiger partial charge is 0.263 e. The molecule has 0 aliphatic heterocycles. The number of carbonyl (C=O) groups is 1. The molecule has 0 saturated heterocycles. The van der Waals surface area contributed by atoms with Gasteiger partial charge in [-0.15, -0.1) is 23.7 Å². The summed E-state index contributed by atoms with van der Waals surface area (Å²) >= 11 is 1.14. The molecule has 2 aromatic rings. The number of nitrogens with two attached hydrogens (primary N) is 1. The summed E-state index contributed by atoms with van der Waals surface area (Å²) < 4.78 is 25.9. The Hall–Kier alpha value is -1.61. The van der Waals surface area contributed by atoms with Gasteiger partial charge in [-0.2, -0.15) is 0 Å². The zero-order valence-electron chi connectivity index (χ0n) is 14.6. The largest absolute Gasteiger partial charge is 0.399 e. The van der Waals surface area contributed by atoms with Crippen LogP contribution in [-0.4, -0.2) is 32.7 Å². The predicted octanol–water partition coefficient (Wildman–Crippen LogP) is 2.81. The third kappa shape index (κ3) is 3.88. The first-order valence-electron chi connectivity index (χ1n) is 8.00. The Kier molecular flexibility index (Phi) is 6.33. The molecule has 1 aliphatic rings. The summed E-state index contributed by atoms with van der Waals surface area (Å²) in [5.74, 6) is -0.356. The number of aryl methyl sites for hydroxylation is 1. The van der Waals surface area contributed by atoms with Crippen LogP contribution in [0.5, 0.6) is 0 Å². The maximum Gasteiger partial charge on any atom is 0.263 e. The van der Waals surface area contributed by atoms with Gasteiger partial charge >= 0.3 is 0 Å². The maximum atomic E-state index is 12.7. The summed E-state index contributed by atoms with van der Waals surface area (Å²) in [7, 11) is -0.740. The van der Waals surface area contributed by atoms with Crippen molar-refractivity contribution in [1.82, 2.24) is 9.62 Å². The standard InChI is InChI=1S/C17H21N3O3S2.ClH/c1-20(2)25(22,23)15-8-9-24-16(15)17(21)19-14-5-3-4-11-10-12(18)6-7-13(11)14;/h6-10,14H,3-5,18H2,1-2H3,(H,19,21);1H. The Balaban J connectivity index is 0.00000243. The summed E-state index contributed by atoms with van der Waals surface area (Å²) in [6.07, 6.45) is 2.71. The number of rotatable bonds is 4. The second-order valence-electron chi connectivity index (χ2n) is 6.28. The van der Waals surface area contributed by atoms with Crippen LogP contribution >= 0.6 is 23.7 Å². The van der Waals surface area contributed by atoms with Crippen LogP contribution in [0.1, 0.15) is 39.7 Å². The molecule has 142 valence electrons. The zero-order chi connectivity index (χ0) is 18.2. The first-order valence-corrected chi connectivity index (χ1v) is 10.3. The lowest BCUT2D eigenvalue weighted by Gasteiger charge is -2.26. The second-order valence-corrected chi connectivity index (χ2v) is 9.31. The Labute approximate surface area is 163 Å². The minimum atomic E-state index is -3.65. The van der Waals surface area contributed by atoms with Crippen LogP contribution < -0.4 is 11.1 Å². The first-order chi connectivity index (χ1) is 11.8. The highest BCUT2D eigenvalue weighted by Gasteiger charge is 2.28. The van der Waals surface area contributed by atoms with Gasteiger partial charge in [0.2, 0.25) is 10.0 Å². The minimum Gasteiger partial charge on any atom is -0.399 e. The van der Waals surface area contributed by atoms with Crippen molar-refractivity contribution >= 4 is 45.4 Å². The lowest BCUT2D eigenvalue weighted by molar-refractivity contribution is 0.0934. The van der Waals surface area contributed by atoms with Gasteiger partial charge in [-0.1, -0.05) is 6.07 Å². The van der Waals surface area contributed by atoms with E-state index in [1.54, 1.807) is 5.38 Å². The summed E-state index contributed by atoms with van der Waals surface area (Å²) in [6, 6.07) is 7.07. The van der Waals surface area contributed by atoms with E-state index in [-0.39, 0.29) is 34.1 Å². The van der Waals surface area contributed by atoms with Crippen LogP contribution in [0.4, 0.5) is 5.69 Å². The van der Waals surface area contributed by atoms with Gasteiger partial charge in [0.1, 0.15) is 9.77 Å². The van der Waals surface area contributed by atoms with Crippen molar-refractivity contribution in [1.29, 1.82) is 0 Å². The average molecular weight is 416 g/mol. The first kappa shape index (κ1) is 20.7. The van der Waals surface area contributed by atoms with Gasteiger partial charge in [-0.3, -0.25) is 4.79 Å². The molecule has 9 heteroatoms. The highest BCUT2D eigenvalue weighted by atomic mass is 35.5. The van der Waals surface area contributed by atoms with Gasteiger partial charge < -0.3 is 11.1 Å². The molecule has 1 heterocycles. The monoisotopic (exact) mass is 415 g/mol. The van der Waals surface area contributed by atoms with Crippen molar-refractivity contribution in [2.75, 3.05) is 19.8 Å². The maximum absolute atomic E-state index is 12.7. The molecular weight excluding hydrogens is 394 g/mol. The van der Waals surface area contributed by atoms with Gasteiger partial charge in [0.15, 0.2) is 0 Å². The summed E-state index contributed by atoms with van der Waals surface area (Å²) in [4.78, 5) is 13.0. The number of halogens is 1. The highest BCUT2D eigenvalue weighted by Crippen LogP contribution is 2.32. The molecule has 0 radical (unpaired) electrons. The van der Waals surface area contributed by atoms with Crippen molar-refractivity contribution in [3.05, 3.63) is 45.6 Å². The van der Waals surface area contributed by atoms with Crippen LogP contribution in [0, 0.1) is 0 Å². The SMILES string of the molecule is CN(C)S(=O)(=O)c1ccsc1C(=O)NC1CCCc2cc(N)ccc21.Cl. The minimum absolute atomic E-state index is 0. The highest BCUT2D eigenvalue weighted by molar-refractivity contribution is 7.89. The molecular formula is C17H22ClN3O3S2. The Morgan fingerprint density at radius 1 is 1.31 bits per heavy atom. The van der Waals surface area contributed by atoms with Crippen molar-refractivity contribution in [2.24, 2.45) is 0 Å². The van der Waals surface area contributed by atoms with Gasteiger partial charge in [0, 0.05) is 19.8 Å². The topological polar surface area (TPSA) is 92.5 Å². The lowest BCUT2D eigenvalue weighted by Crippen LogP contribution is -2.32. The molecule has 0 spiro atoms. The zero-order valence-corrected chi connectivity index (χ0v) is 17.0. The van der Waals surface area contributed by atoms with E-state index in [0.29, 0.717) is 5.69 Å². The van der Waals surface area contributed by atoms with Crippen molar-refractivity contribution in [3.8, 4) is 0 Å². The van der Waals surface area contributed by atoms with E-state index in [1.165, 1.54) is 20.2 Å². The molecule has 1 aromatic heterocycles. The third-order valence-electron chi connectivity index (χ3n) is 4.38. The van der Waals surface area contributed by atoms with Gasteiger partial charge in [-0.05, 0) is 54.0 Å². The fraction of sp³-hybridized carbons (Fsp3) is 0.353. The fourth-order valence-electron chi connectivity index (χ4n) is 3.07. The number of hydrogen-bond acceptors (Lipinski definition) is 5. The number of fused-ring (bicyclic) bond motifs is 1. The Morgan fingerprint density at radius 2 is 2.04 bits per heavy atom. The van der Waals surface area contributed by atoms with E-state index in [0.717, 1.165) is 46.0 Å². The van der Waals surface area contributed by atoms with Gasteiger partial charge in [-0.25, -0.2) is 12.7 Å². The van der Waals surface area contributed by atoms with Gasteiger partial charge in [0.05, 0.1) is 6.04 Å². The summed E-state index contributed by atoms with van der Waals surface area (Å²) in [5, 5.41) is 4.62. The third-order valence-corrected chi connectivity index (χ3v) is 7.28. The Bertz CT molecular complexity index is 910. The van der Waals surface area contributed by atoms with E-state index >= 15 is 0 Å². The molecule has 6 nitrogen and oxygen atoms in total. The number of benzene rings is 1. The van der Waals surface area contributed by atoms with E-state index < -0.39 is 10.0 Å². The normalized spacial score (nSPS) is 16.7. The molecule has 1 atom stereocenters. The quantitative estimate of drug-likeness (QED) is 0.751. The molecule has 1 aliphatic carbocycles. The molecule has 1 amide bonds. The lowest BCUT2D eigenvalue weighted by atomic mass is 9.87. The van der Waals surface area contributed by atoms with E-state index in [9.17, 15) is 13.2 Å². The number of carbonyl (C=O) groups excluding carboxylic acids is 1. The fourth-order valence-corrected chi connectivity index (χ4v) is 5.27. The molecule has 0 bridgehead atoms. The Morgan fingerprint density at radius 3 is 2.73 bits per heavy atom. The van der Waals surface area contributed by atoms with Gasteiger partial charge in [0.25, 0.3) is 5.91 Å². The van der Waals surface area contributed by atoms with Crippen molar-refractivity contribution in [2.45, 2.75) is 30.2 Å². The van der Waals surface area contributed by atoms with Crippen LogP contribution in [0.25, 0.3) is 0 Å². The number of amides is 1. The average Bonchev–Trinajstić information content (AvgIpc) is 3.05. The number of hydrogen-bond donors (Lipinski definition) is 2. The summed E-state index contributed by atoms with van der Waals surface area (Å²) in [5.41, 5.74) is 8.76. The van der Waals surface area contributed by atoms with Crippen LogP contribution in [0.15, 0.2) is 34.5 Å². The van der Waals surface area contributed by atoms with Crippen LogP contribution in [0.3, 0.4) is 0 Å². The van der Waals surface area contributed by atoms with Crippen LogP contribution in [-0.2, 0) is 16.4 Å². The predicted molar refractivity (Wildman–Crippen MR) is 106 cm³/mol. The molecule has 3 rings (SSSR count). The number of anilines is 1. The van der Waals surface area contributed by atoms with Crippen molar-refractivity contribution < 1.29 is 13.2 Å². The number of nitrogen functional groups attached to an aromatic ring is 1. The molecule has 1 aromatic carbocycles. The molecule has 26 heavy (non-hydrogen) atoms. The van der Waals surface area contributed by atoms with Crippen LogP contribution in [0.2, 0.25) is 0 Å². The summed E-state index contributed by atoms with van der Waals surface area (Å²) in [6.45, 7) is 0. The second kappa shape index (κ2) is 7.96. The number of nitrogens with one attached hydrogen (secondary N) is 1. The van der Waals surface area contributed by atoms with E-state index in [2.05, 4.69) is 5.32 Å². The van der Waals surface area contributed by atoms with E-state index in [1.807, 2.05) is 18.2 Å². The molecule has 0 saturated carbocycles. The van der Waals surface area contributed by atoms with Crippen molar-refractivity contribution in [3.63, 3.8) is 0 Å². The van der Waals surface area contributed by atoms with E-state index in [4.69, 9.17) is 5.73 Å². The number of nitrogens with zero attached hydrogens (tertiary/aromatic N) is 1.